The van der Waals surface area contributed by atoms with Crippen LogP contribution in [0.2, 0.25) is 0 Å². The van der Waals surface area contributed by atoms with Crippen LogP contribution in [0.15, 0.2) is 55.1 Å². The minimum absolute atomic E-state index is 0.0519. The number of unbranched alkanes of at least 4 members (excludes halogenated alkanes) is 6. The quantitative estimate of drug-likeness (QED) is 0.377. The van der Waals surface area contributed by atoms with Crippen molar-refractivity contribution in [2.24, 2.45) is 0 Å². The zero-order valence-electron chi connectivity index (χ0n) is 15.5. The third-order valence-electron chi connectivity index (χ3n) is 4.71. The fourth-order valence-corrected chi connectivity index (χ4v) is 3.16. The second-order valence-electron chi connectivity index (χ2n) is 6.84. The molecule has 1 amide bonds. The summed E-state index contributed by atoms with van der Waals surface area (Å²) in [5.41, 5.74) is 1.16. The van der Waals surface area contributed by atoms with Crippen molar-refractivity contribution in [1.29, 1.82) is 0 Å². The van der Waals surface area contributed by atoms with E-state index in [-0.39, 0.29) is 11.9 Å². The average molecular weight is 338 g/mol. The van der Waals surface area contributed by atoms with Crippen LogP contribution < -0.4 is 5.32 Å². The molecular formula is C23H31NO. The Kier molecular flexibility index (Phi) is 8.24. The van der Waals surface area contributed by atoms with Crippen LogP contribution in [0.3, 0.4) is 0 Å². The van der Waals surface area contributed by atoms with Crippen LogP contribution in [-0.4, -0.2) is 5.91 Å². The minimum atomic E-state index is 0.0519. The molecule has 0 aromatic heterocycles. The van der Waals surface area contributed by atoms with Crippen molar-refractivity contribution < 1.29 is 4.79 Å². The predicted molar refractivity (Wildman–Crippen MR) is 108 cm³/mol. The molecule has 1 N–H and O–H groups in total. The Morgan fingerprint density at radius 2 is 1.68 bits per heavy atom. The molecular weight excluding hydrogens is 306 g/mol. The van der Waals surface area contributed by atoms with E-state index in [4.69, 9.17) is 0 Å². The molecule has 0 aliphatic carbocycles. The van der Waals surface area contributed by atoms with E-state index in [0.29, 0.717) is 6.42 Å². The van der Waals surface area contributed by atoms with E-state index in [2.05, 4.69) is 49.2 Å². The lowest BCUT2D eigenvalue weighted by atomic mass is 10.0. The molecule has 1 unspecified atom stereocenters. The van der Waals surface area contributed by atoms with Crippen molar-refractivity contribution in [3.8, 4) is 0 Å². The highest BCUT2D eigenvalue weighted by atomic mass is 16.1. The maximum absolute atomic E-state index is 12.1. The first kappa shape index (κ1) is 19.2. The number of fused-ring (bicyclic) bond motifs is 1. The number of benzene rings is 2. The Labute approximate surface area is 152 Å². The van der Waals surface area contributed by atoms with Gasteiger partial charge in [0.15, 0.2) is 0 Å². The topological polar surface area (TPSA) is 29.1 Å². The maximum Gasteiger partial charge on any atom is 0.220 e. The van der Waals surface area contributed by atoms with E-state index in [1.165, 1.54) is 36.5 Å². The summed E-state index contributed by atoms with van der Waals surface area (Å²) in [7, 11) is 0. The van der Waals surface area contributed by atoms with Gasteiger partial charge in [-0.25, -0.2) is 0 Å². The Balaban J connectivity index is 1.68. The van der Waals surface area contributed by atoms with Crippen LogP contribution in [0.5, 0.6) is 0 Å². The first-order valence-corrected chi connectivity index (χ1v) is 9.59. The van der Waals surface area contributed by atoms with Gasteiger partial charge in [-0.15, -0.1) is 6.58 Å². The van der Waals surface area contributed by atoms with Crippen LogP contribution in [-0.2, 0) is 4.79 Å². The summed E-state index contributed by atoms with van der Waals surface area (Å²) in [5, 5.41) is 5.58. The zero-order valence-corrected chi connectivity index (χ0v) is 15.5. The monoisotopic (exact) mass is 337 g/mol. The molecule has 0 saturated heterocycles. The molecule has 0 saturated carbocycles. The van der Waals surface area contributed by atoms with Gasteiger partial charge in [-0.05, 0) is 48.6 Å². The first-order valence-electron chi connectivity index (χ1n) is 9.59. The van der Waals surface area contributed by atoms with Gasteiger partial charge in [0.2, 0.25) is 5.91 Å². The summed E-state index contributed by atoms with van der Waals surface area (Å²) in [6, 6.07) is 14.8. The molecule has 0 bridgehead atoms. The Bertz CT molecular complexity index is 677. The minimum Gasteiger partial charge on any atom is -0.350 e. The molecule has 25 heavy (non-hydrogen) atoms. The SMILES string of the molecule is C=CCCCCCCCCC(=O)NC(C)c1ccc2ccccc2c1. The van der Waals surface area contributed by atoms with Crippen LogP contribution in [0, 0.1) is 0 Å². The molecule has 1 atom stereocenters. The molecule has 2 heteroatoms. The number of nitrogens with one attached hydrogen (secondary N) is 1. The number of amides is 1. The molecule has 0 heterocycles. The second-order valence-corrected chi connectivity index (χ2v) is 6.84. The molecule has 0 radical (unpaired) electrons. The third kappa shape index (κ3) is 6.74. The van der Waals surface area contributed by atoms with Crippen molar-refractivity contribution in [3.05, 3.63) is 60.7 Å². The van der Waals surface area contributed by atoms with Crippen molar-refractivity contribution in [2.75, 3.05) is 0 Å². The van der Waals surface area contributed by atoms with Gasteiger partial charge >= 0.3 is 0 Å². The lowest BCUT2D eigenvalue weighted by Crippen LogP contribution is -2.26. The van der Waals surface area contributed by atoms with E-state index >= 15 is 0 Å². The molecule has 2 aromatic rings. The largest absolute Gasteiger partial charge is 0.350 e. The van der Waals surface area contributed by atoms with Crippen molar-refractivity contribution in [1.82, 2.24) is 5.32 Å². The number of rotatable bonds is 11. The summed E-state index contributed by atoms with van der Waals surface area (Å²) < 4.78 is 0. The zero-order chi connectivity index (χ0) is 17.9. The standard InChI is InChI=1S/C23H31NO/c1-3-4-5-6-7-8-9-10-15-23(25)24-19(2)21-17-16-20-13-11-12-14-22(20)18-21/h3,11-14,16-19H,1,4-10,15H2,2H3,(H,24,25). The Hall–Kier alpha value is -2.09. The number of allylic oxidation sites excluding steroid dienone is 1. The van der Waals surface area contributed by atoms with Crippen molar-refractivity contribution in [3.63, 3.8) is 0 Å². The number of carbonyl (C=O) groups excluding carboxylic acids is 1. The highest BCUT2D eigenvalue weighted by Crippen LogP contribution is 2.20. The normalized spacial score (nSPS) is 12.0. The number of hydrogen-bond donors (Lipinski definition) is 1. The Morgan fingerprint density at radius 3 is 2.44 bits per heavy atom. The van der Waals surface area contributed by atoms with Crippen molar-refractivity contribution in [2.45, 2.75) is 64.3 Å². The van der Waals surface area contributed by atoms with Crippen LogP contribution in [0.1, 0.15) is 69.9 Å². The summed E-state index contributed by atoms with van der Waals surface area (Å²) in [5.74, 6) is 0.160. The average Bonchev–Trinajstić information content (AvgIpc) is 2.63. The fourth-order valence-electron chi connectivity index (χ4n) is 3.16. The molecule has 2 nitrogen and oxygen atoms in total. The summed E-state index contributed by atoms with van der Waals surface area (Å²) in [6.07, 6.45) is 10.9. The van der Waals surface area contributed by atoms with Crippen LogP contribution in [0.25, 0.3) is 10.8 Å². The van der Waals surface area contributed by atoms with Gasteiger partial charge in [-0.3, -0.25) is 4.79 Å². The van der Waals surface area contributed by atoms with Crippen molar-refractivity contribution >= 4 is 16.7 Å². The van der Waals surface area contributed by atoms with Crippen LogP contribution >= 0.6 is 0 Å². The lowest BCUT2D eigenvalue weighted by Gasteiger charge is -2.15. The maximum atomic E-state index is 12.1. The first-order chi connectivity index (χ1) is 12.2. The van der Waals surface area contributed by atoms with Gasteiger partial charge in [-0.1, -0.05) is 68.2 Å². The van der Waals surface area contributed by atoms with E-state index < -0.39 is 0 Å². The number of hydrogen-bond acceptors (Lipinski definition) is 1. The van der Waals surface area contributed by atoms with Gasteiger partial charge in [0.25, 0.3) is 0 Å². The third-order valence-corrected chi connectivity index (χ3v) is 4.71. The second kappa shape index (κ2) is 10.7. The molecule has 0 fully saturated rings. The van der Waals surface area contributed by atoms with E-state index in [9.17, 15) is 4.79 Å². The predicted octanol–water partition coefficient (Wildman–Crippen LogP) is 6.32. The molecule has 2 aromatic carbocycles. The fraction of sp³-hybridized carbons (Fsp3) is 0.435. The molecule has 2 rings (SSSR count). The van der Waals surface area contributed by atoms with Gasteiger partial charge in [0.05, 0.1) is 6.04 Å². The smallest absolute Gasteiger partial charge is 0.220 e. The summed E-state index contributed by atoms with van der Waals surface area (Å²) in [4.78, 5) is 12.1. The molecule has 0 aliphatic rings. The highest BCUT2D eigenvalue weighted by Gasteiger charge is 2.09. The van der Waals surface area contributed by atoms with E-state index in [1.54, 1.807) is 0 Å². The van der Waals surface area contributed by atoms with E-state index in [0.717, 1.165) is 24.8 Å². The Morgan fingerprint density at radius 1 is 1.00 bits per heavy atom. The highest BCUT2D eigenvalue weighted by molar-refractivity contribution is 5.83. The number of carbonyl (C=O) groups is 1. The molecule has 0 spiro atoms. The van der Waals surface area contributed by atoms with Gasteiger partial charge in [-0.2, -0.15) is 0 Å². The molecule has 134 valence electrons. The lowest BCUT2D eigenvalue weighted by molar-refractivity contribution is -0.121. The summed E-state index contributed by atoms with van der Waals surface area (Å²) in [6.45, 7) is 5.80. The van der Waals surface area contributed by atoms with E-state index in [1.807, 2.05) is 18.2 Å². The summed E-state index contributed by atoms with van der Waals surface area (Å²) >= 11 is 0. The van der Waals surface area contributed by atoms with Gasteiger partial charge in [0.1, 0.15) is 0 Å². The van der Waals surface area contributed by atoms with Gasteiger partial charge < -0.3 is 5.32 Å². The van der Waals surface area contributed by atoms with Gasteiger partial charge in [0, 0.05) is 6.42 Å². The van der Waals surface area contributed by atoms with Crippen LogP contribution in [0.4, 0.5) is 0 Å². The molecule has 0 aliphatic heterocycles.